The fourth-order valence-electron chi connectivity index (χ4n) is 3.28. The van der Waals surface area contributed by atoms with Crippen molar-refractivity contribution in [1.82, 2.24) is 10.2 Å². The molecule has 1 aliphatic heterocycles. The average molecular weight is 338 g/mol. The summed E-state index contributed by atoms with van der Waals surface area (Å²) in [6.45, 7) is 2.54. The molecule has 3 rings (SSSR count). The Morgan fingerprint density at radius 2 is 1.92 bits per heavy atom. The van der Waals surface area contributed by atoms with E-state index in [0.717, 1.165) is 38.2 Å². The zero-order valence-corrected chi connectivity index (χ0v) is 14.8. The number of carbonyl (C=O) groups excluding carboxylic acids is 1. The Kier molecular flexibility index (Phi) is 6.07. The van der Waals surface area contributed by atoms with Crippen LogP contribution in [0.1, 0.15) is 28.8 Å². The Labute approximate surface area is 149 Å². The van der Waals surface area contributed by atoms with Crippen molar-refractivity contribution in [3.05, 3.63) is 65.7 Å². The predicted octanol–water partition coefficient (Wildman–Crippen LogP) is 3.13. The van der Waals surface area contributed by atoms with Gasteiger partial charge in [-0.3, -0.25) is 4.79 Å². The quantitative estimate of drug-likeness (QED) is 0.843. The first-order valence-corrected chi connectivity index (χ1v) is 8.97. The standard InChI is InChI=1S/C21H26N2O2/c1-25-20-11-9-18(10-12-20)21(24)23(16-19-8-5-14-22-19)15-13-17-6-3-2-4-7-17/h2-4,6-7,9-12,19,22H,5,8,13-16H2,1H3/t19-/m0/s1. The highest BCUT2D eigenvalue weighted by Crippen LogP contribution is 2.15. The Balaban J connectivity index is 1.70. The lowest BCUT2D eigenvalue weighted by Crippen LogP contribution is -2.42. The van der Waals surface area contributed by atoms with Crippen LogP contribution >= 0.6 is 0 Å². The number of carbonyl (C=O) groups is 1. The molecule has 1 fully saturated rings. The molecule has 0 spiro atoms. The molecule has 0 aromatic heterocycles. The molecular formula is C21H26N2O2. The smallest absolute Gasteiger partial charge is 0.253 e. The molecule has 132 valence electrons. The summed E-state index contributed by atoms with van der Waals surface area (Å²) < 4.78 is 5.19. The Hall–Kier alpha value is -2.33. The molecule has 2 aromatic rings. The fraction of sp³-hybridized carbons (Fsp3) is 0.381. The summed E-state index contributed by atoms with van der Waals surface area (Å²) in [6, 6.07) is 18.1. The summed E-state index contributed by atoms with van der Waals surface area (Å²) >= 11 is 0. The van der Waals surface area contributed by atoms with Crippen LogP contribution in [0.25, 0.3) is 0 Å². The molecule has 0 radical (unpaired) electrons. The first kappa shape index (κ1) is 17.5. The molecular weight excluding hydrogens is 312 g/mol. The van der Waals surface area contributed by atoms with E-state index < -0.39 is 0 Å². The molecule has 1 aliphatic rings. The Morgan fingerprint density at radius 3 is 2.56 bits per heavy atom. The molecule has 0 saturated carbocycles. The second kappa shape index (κ2) is 8.67. The third-order valence-electron chi connectivity index (χ3n) is 4.74. The molecule has 0 aliphatic carbocycles. The van der Waals surface area contributed by atoms with Gasteiger partial charge < -0.3 is 15.0 Å². The van der Waals surface area contributed by atoms with Crippen LogP contribution < -0.4 is 10.1 Å². The topological polar surface area (TPSA) is 41.6 Å². The van der Waals surface area contributed by atoms with Gasteiger partial charge in [-0.2, -0.15) is 0 Å². The number of methoxy groups -OCH3 is 1. The van der Waals surface area contributed by atoms with Crippen LogP contribution in [-0.2, 0) is 6.42 Å². The van der Waals surface area contributed by atoms with Crippen LogP contribution in [0.4, 0.5) is 0 Å². The van der Waals surface area contributed by atoms with E-state index in [9.17, 15) is 4.79 Å². The summed E-state index contributed by atoms with van der Waals surface area (Å²) in [5.74, 6) is 0.858. The van der Waals surface area contributed by atoms with Crippen molar-refractivity contribution in [2.24, 2.45) is 0 Å². The van der Waals surface area contributed by atoms with Crippen LogP contribution in [0.15, 0.2) is 54.6 Å². The number of rotatable bonds is 7. The zero-order valence-electron chi connectivity index (χ0n) is 14.8. The van der Waals surface area contributed by atoms with Gasteiger partial charge in [-0.1, -0.05) is 30.3 Å². The molecule has 4 nitrogen and oxygen atoms in total. The van der Waals surface area contributed by atoms with Gasteiger partial charge in [0.1, 0.15) is 5.75 Å². The number of amides is 1. The van der Waals surface area contributed by atoms with Crippen molar-refractivity contribution >= 4 is 5.91 Å². The maximum absolute atomic E-state index is 13.0. The van der Waals surface area contributed by atoms with Crippen molar-refractivity contribution < 1.29 is 9.53 Å². The molecule has 1 atom stereocenters. The Bertz CT molecular complexity index is 664. The van der Waals surface area contributed by atoms with Crippen molar-refractivity contribution in [2.75, 3.05) is 26.7 Å². The van der Waals surface area contributed by atoms with Gasteiger partial charge in [0.25, 0.3) is 5.91 Å². The molecule has 1 amide bonds. The van der Waals surface area contributed by atoms with Crippen molar-refractivity contribution in [2.45, 2.75) is 25.3 Å². The zero-order chi connectivity index (χ0) is 17.5. The van der Waals surface area contributed by atoms with Crippen LogP contribution in [0.3, 0.4) is 0 Å². The van der Waals surface area contributed by atoms with Crippen molar-refractivity contribution in [1.29, 1.82) is 0 Å². The number of nitrogens with zero attached hydrogens (tertiary/aromatic N) is 1. The molecule has 25 heavy (non-hydrogen) atoms. The van der Waals surface area contributed by atoms with E-state index >= 15 is 0 Å². The van der Waals surface area contributed by atoms with Crippen LogP contribution in [0.5, 0.6) is 5.75 Å². The van der Waals surface area contributed by atoms with E-state index in [4.69, 9.17) is 4.74 Å². The normalized spacial score (nSPS) is 16.6. The van der Waals surface area contributed by atoms with E-state index in [1.807, 2.05) is 47.4 Å². The summed E-state index contributed by atoms with van der Waals surface area (Å²) in [7, 11) is 1.63. The van der Waals surface area contributed by atoms with Crippen LogP contribution in [0.2, 0.25) is 0 Å². The number of nitrogens with one attached hydrogen (secondary N) is 1. The van der Waals surface area contributed by atoms with E-state index in [-0.39, 0.29) is 5.91 Å². The predicted molar refractivity (Wildman–Crippen MR) is 100 cm³/mol. The van der Waals surface area contributed by atoms with E-state index in [1.165, 1.54) is 12.0 Å². The van der Waals surface area contributed by atoms with E-state index in [0.29, 0.717) is 11.6 Å². The van der Waals surface area contributed by atoms with Crippen molar-refractivity contribution in [3.8, 4) is 5.75 Å². The minimum Gasteiger partial charge on any atom is -0.497 e. The Morgan fingerprint density at radius 1 is 1.16 bits per heavy atom. The van der Waals surface area contributed by atoms with Gasteiger partial charge in [0.05, 0.1) is 7.11 Å². The number of ether oxygens (including phenoxy) is 1. The molecule has 0 bridgehead atoms. The van der Waals surface area contributed by atoms with Gasteiger partial charge in [-0.05, 0) is 55.6 Å². The molecule has 1 N–H and O–H groups in total. The minimum atomic E-state index is 0.0901. The summed E-state index contributed by atoms with van der Waals surface area (Å²) in [5.41, 5.74) is 1.97. The highest BCUT2D eigenvalue weighted by atomic mass is 16.5. The van der Waals surface area contributed by atoms with Crippen LogP contribution in [-0.4, -0.2) is 43.6 Å². The monoisotopic (exact) mass is 338 g/mol. The van der Waals surface area contributed by atoms with Crippen LogP contribution in [0, 0.1) is 0 Å². The number of benzene rings is 2. The fourth-order valence-corrected chi connectivity index (χ4v) is 3.28. The number of hydrogen-bond donors (Lipinski definition) is 1. The lowest BCUT2D eigenvalue weighted by Gasteiger charge is -2.26. The summed E-state index contributed by atoms with van der Waals surface area (Å²) in [4.78, 5) is 15.0. The van der Waals surface area contributed by atoms with Crippen molar-refractivity contribution in [3.63, 3.8) is 0 Å². The van der Waals surface area contributed by atoms with E-state index in [2.05, 4.69) is 17.4 Å². The molecule has 1 heterocycles. The molecule has 0 unspecified atom stereocenters. The highest BCUT2D eigenvalue weighted by Gasteiger charge is 2.22. The highest BCUT2D eigenvalue weighted by molar-refractivity contribution is 5.94. The average Bonchev–Trinajstić information content (AvgIpc) is 3.18. The van der Waals surface area contributed by atoms with E-state index in [1.54, 1.807) is 7.11 Å². The molecule has 1 saturated heterocycles. The number of hydrogen-bond acceptors (Lipinski definition) is 3. The minimum absolute atomic E-state index is 0.0901. The first-order valence-electron chi connectivity index (χ1n) is 8.97. The van der Waals surface area contributed by atoms with Gasteiger partial charge in [0.2, 0.25) is 0 Å². The first-order chi connectivity index (χ1) is 12.3. The van der Waals surface area contributed by atoms with Gasteiger partial charge in [-0.15, -0.1) is 0 Å². The third-order valence-corrected chi connectivity index (χ3v) is 4.74. The SMILES string of the molecule is COc1ccc(C(=O)N(CCc2ccccc2)C[C@@H]2CCCN2)cc1. The van der Waals surface area contributed by atoms with Gasteiger partial charge >= 0.3 is 0 Å². The maximum Gasteiger partial charge on any atom is 0.253 e. The third kappa shape index (κ3) is 4.83. The lowest BCUT2D eigenvalue weighted by atomic mass is 10.1. The molecule has 2 aromatic carbocycles. The maximum atomic E-state index is 13.0. The van der Waals surface area contributed by atoms with Gasteiger partial charge in [0, 0.05) is 24.7 Å². The van der Waals surface area contributed by atoms with Gasteiger partial charge in [-0.25, -0.2) is 0 Å². The summed E-state index contributed by atoms with van der Waals surface area (Å²) in [6.07, 6.45) is 3.20. The summed E-state index contributed by atoms with van der Waals surface area (Å²) in [5, 5.41) is 3.50. The molecule has 4 heteroatoms. The van der Waals surface area contributed by atoms with Gasteiger partial charge in [0.15, 0.2) is 0 Å². The second-order valence-electron chi connectivity index (χ2n) is 6.51. The lowest BCUT2D eigenvalue weighted by molar-refractivity contribution is 0.0743. The second-order valence-corrected chi connectivity index (χ2v) is 6.51. The largest absolute Gasteiger partial charge is 0.497 e.